The molecule has 1 amide bonds. The van der Waals surface area contributed by atoms with E-state index < -0.39 is 22.0 Å². The lowest BCUT2D eigenvalue weighted by atomic mass is 10.1. The molecule has 3 rings (SSSR count). The third-order valence-electron chi connectivity index (χ3n) is 4.78. The Labute approximate surface area is 182 Å². The lowest BCUT2D eigenvalue weighted by Crippen LogP contribution is -2.49. The lowest BCUT2D eigenvalue weighted by Gasteiger charge is -2.30. The molecule has 0 radical (unpaired) electrons. The molecule has 1 heterocycles. The van der Waals surface area contributed by atoms with Gasteiger partial charge in [-0.3, -0.25) is 9.10 Å². The summed E-state index contributed by atoms with van der Waals surface area (Å²) in [6.07, 6.45) is 1.39. The maximum atomic E-state index is 12.9. The van der Waals surface area contributed by atoms with Crippen molar-refractivity contribution in [3.63, 3.8) is 0 Å². The van der Waals surface area contributed by atoms with Crippen LogP contribution < -0.4 is 9.62 Å². The molecule has 0 spiro atoms. The van der Waals surface area contributed by atoms with Crippen LogP contribution in [0.4, 0.5) is 5.69 Å². The Bertz CT molecular complexity index is 1160. The van der Waals surface area contributed by atoms with Gasteiger partial charge < -0.3 is 9.84 Å². The Kier molecular flexibility index (Phi) is 6.74. The fourth-order valence-electron chi connectivity index (χ4n) is 3.26. The number of hydrogen-bond acceptors (Lipinski definition) is 6. The van der Waals surface area contributed by atoms with Crippen molar-refractivity contribution >= 4 is 21.6 Å². The number of benzene rings is 2. The fourth-order valence-corrected chi connectivity index (χ4v) is 4.47. The first kappa shape index (κ1) is 22.5. The highest BCUT2D eigenvalue weighted by atomic mass is 32.2. The molecule has 2 aromatic carbocycles. The molecular formula is C22H26N4O4S. The average molecular weight is 443 g/mol. The Morgan fingerprint density at radius 2 is 1.84 bits per heavy atom. The molecule has 1 N–H and O–H groups in total. The van der Waals surface area contributed by atoms with E-state index in [4.69, 9.17) is 4.52 Å². The van der Waals surface area contributed by atoms with Crippen molar-refractivity contribution in [1.82, 2.24) is 15.5 Å². The van der Waals surface area contributed by atoms with Crippen LogP contribution in [0.25, 0.3) is 11.4 Å². The molecule has 0 bridgehead atoms. The highest BCUT2D eigenvalue weighted by molar-refractivity contribution is 7.92. The van der Waals surface area contributed by atoms with Gasteiger partial charge in [0.05, 0.1) is 18.5 Å². The number of amides is 1. The first-order valence-electron chi connectivity index (χ1n) is 9.92. The van der Waals surface area contributed by atoms with Crippen LogP contribution in [-0.2, 0) is 21.4 Å². The van der Waals surface area contributed by atoms with Crippen LogP contribution in [0, 0.1) is 13.8 Å². The predicted molar refractivity (Wildman–Crippen MR) is 119 cm³/mol. The van der Waals surface area contributed by atoms with E-state index in [1.54, 1.807) is 19.1 Å². The summed E-state index contributed by atoms with van der Waals surface area (Å²) in [5.74, 6) is 0.224. The Balaban J connectivity index is 1.75. The largest absolute Gasteiger partial charge is 0.345 e. The van der Waals surface area contributed by atoms with Gasteiger partial charge in [0.2, 0.25) is 27.6 Å². The van der Waals surface area contributed by atoms with E-state index >= 15 is 0 Å². The zero-order valence-corrected chi connectivity index (χ0v) is 18.8. The van der Waals surface area contributed by atoms with E-state index in [1.165, 1.54) is 0 Å². The van der Waals surface area contributed by atoms with Crippen LogP contribution in [0.3, 0.4) is 0 Å². The lowest BCUT2D eigenvalue weighted by molar-refractivity contribution is -0.122. The maximum absolute atomic E-state index is 12.9. The summed E-state index contributed by atoms with van der Waals surface area (Å²) in [6.45, 7) is 5.64. The summed E-state index contributed by atoms with van der Waals surface area (Å²) in [7, 11) is -3.69. The average Bonchev–Trinajstić information content (AvgIpc) is 3.19. The SMILES string of the molecule is CC[C@@H](C(=O)NCc1nc(-c2cccc(C)c2)no1)N(c1ccc(C)cc1)S(C)(=O)=O. The number of nitrogens with zero attached hydrogens (tertiary/aromatic N) is 3. The standard InChI is InChI=1S/C22H26N4O4S/c1-5-19(26(31(4,28)29)18-11-9-15(2)10-12-18)22(27)23-14-20-24-21(25-30-20)17-8-6-7-16(3)13-17/h6-13,19H,5,14H2,1-4H3,(H,23,27)/t19-/m0/s1. The maximum Gasteiger partial charge on any atom is 0.246 e. The van der Waals surface area contributed by atoms with E-state index in [2.05, 4.69) is 15.5 Å². The van der Waals surface area contributed by atoms with E-state index in [1.807, 2.05) is 50.2 Å². The molecule has 164 valence electrons. The molecule has 9 heteroatoms. The van der Waals surface area contributed by atoms with Gasteiger partial charge in [-0.05, 0) is 38.5 Å². The topological polar surface area (TPSA) is 105 Å². The van der Waals surface area contributed by atoms with Crippen molar-refractivity contribution in [2.24, 2.45) is 0 Å². The normalized spacial score (nSPS) is 12.4. The predicted octanol–water partition coefficient (Wildman–Crippen LogP) is 3.21. The molecule has 0 saturated heterocycles. The van der Waals surface area contributed by atoms with Gasteiger partial charge in [0, 0.05) is 5.56 Å². The molecule has 0 unspecified atom stereocenters. The van der Waals surface area contributed by atoms with Crippen LogP contribution in [0.5, 0.6) is 0 Å². The van der Waals surface area contributed by atoms with E-state index in [0.29, 0.717) is 17.9 Å². The smallest absolute Gasteiger partial charge is 0.246 e. The number of hydrogen-bond donors (Lipinski definition) is 1. The van der Waals surface area contributed by atoms with Crippen LogP contribution in [0.15, 0.2) is 53.1 Å². The minimum atomic E-state index is -3.69. The molecule has 0 aliphatic heterocycles. The number of carbonyl (C=O) groups excluding carboxylic acids is 1. The number of nitrogens with one attached hydrogen (secondary N) is 1. The van der Waals surface area contributed by atoms with Crippen LogP contribution in [-0.4, -0.2) is 36.8 Å². The number of aryl methyl sites for hydroxylation is 2. The van der Waals surface area contributed by atoms with Crippen molar-refractivity contribution in [3.8, 4) is 11.4 Å². The fraction of sp³-hybridized carbons (Fsp3) is 0.318. The summed E-state index contributed by atoms with van der Waals surface area (Å²) in [5, 5.41) is 6.68. The Morgan fingerprint density at radius 3 is 2.45 bits per heavy atom. The Morgan fingerprint density at radius 1 is 1.13 bits per heavy atom. The van der Waals surface area contributed by atoms with Gasteiger partial charge in [-0.25, -0.2) is 8.42 Å². The third-order valence-corrected chi connectivity index (χ3v) is 5.96. The van der Waals surface area contributed by atoms with Crippen molar-refractivity contribution in [2.45, 2.75) is 39.8 Å². The molecule has 8 nitrogen and oxygen atoms in total. The van der Waals surface area contributed by atoms with Crippen molar-refractivity contribution in [3.05, 3.63) is 65.5 Å². The summed E-state index contributed by atoms with van der Waals surface area (Å²) in [5.41, 5.74) is 3.32. The highest BCUT2D eigenvalue weighted by Crippen LogP contribution is 2.23. The minimum Gasteiger partial charge on any atom is -0.345 e. The number of rotatable bonds is 8. The highest BCUT2D eigenvalue weighted by Gasteiger charge is 2.31. The minimum absolute atomic E-state index is 0.000348. The van der Waals surface area contributed by atoms with Gasteiger partial charge in [-0.2, -0.15) is 4.98 Å². The van der Waals surface area contributed by atoms with Crippen molar-refractivity contribution in [1.29, 1.82) is 0 Å². The van der Waals surface area contributed by atoms with Gasteiger partial charge >= 0.3 is 0 Å². The van der Waals surface area contributed by atoms with Crippen LogP contribution in [0.1, 0.15) is 30.4 Å². The molecule has 0 aliphatic carbocycles. The first-order valence-corrected chi connectivity index (χ1v) is 11.8. The quantitative estimate of drug-likeness (QED) is 0.574. The number of anilines is 1. The molecule has 0 saturated carbocycles. The monoisotopic (exact) mass is 442 g/mol. The van der Waals surface area contributed by atoms with Crippen molar-refractivity contribution < 1.29 is 17.7 Å². The number of aromatic nitrogens is 2. The van der Waals surface area contributed by atoms with E-state index in [9.17, 15) is 13.2 Å². The van der Waals surface area contributed by atoms with Crippen LogP contribution in [0.2, 0.25) is 0 Å². The molecule has 0 fully saturated rings. The zero-order valence-electron chi connectivity index (χ0n) is 18.0. The second-order valence-corrected chi connectivity index (χ2v) is 9.28. The summed E-state index contributed by atoms with van der Waals surface area (Å²) >= 11 is 0. The summed E-state index contributed by atoms with van der Waals surface area (Å²) < 4.78 is 31.4. The molecular weight excluding hydrogens is 416 g/mol. The second kappa shape index (κ2) is 9.30. The molecule has 0 aliphatic rings. The van der Waals surface area contributed by atoms with Gasteiger partial charge in [0.1, 0.15) is 6.04 Å². The summed E-state index contributed by atoms with van der Waals surface area (Å²) in [4.78, 5) is 17.2. The van der Waals surface area contributed by atoms with Gasteiger partial charge in [0.15, 0.2) is 0 Å². The Hall–Kier alpha value is -3.20. The number of sulfonamides is 1. The van der Waals surface area contributed by atoms with E-state index in [-0.39, 0.29) is 12.4 Å². The summed E-state index contributed by atoms with van der Waals surface area (Å²) in [6, 6.07) is 13.8. The molecule has 1 atom stereocenters. The third kappa shape index (κ3) is 5.49. The van der Waals surface area contributed by atoms with Gasteiger partial charge in [0.25, 0.3) is 0 Å². The van der Waals surface area contributed by atoms with Crippen molar-refractivity contribution in [2.75, 3.05) is 10.6 Å². The second-order valence-electron chi connectivity index (χ2n) is 7.42. The van der Waals surface area contributed by atoms with Crippen LogP contribution >= 0.6 is 0 Å². The zero-order chi connectivity index (χ0) is 22.6. The first-order chi connectivity index (χ1) is 14.7. The van der Waals surface area contributed by atoms with E-state index in [0.717, 1.165) is 27.3 Å². The molecule has 3 aromatic rings. The van der Waals surface area contributed by atoms with Gasteiger partial charge in [-0.15, -0.1) is 0 Å². The molecule has 31 heavy (non-hydrogen) atoms. The van der Waals surface area contributed by atoms with Gasteiger partial charge in [-0.1, -0.05) is 53.5 Å². The molecule has 1 aromatic heterocycles. The number of carbonyl (C=O) groups is 1.